The lowest BCUT2D eigenvalue weighted by molar-refractivity contribution is -0.137. The molecule has 0 aliphatic carbocycles. The molecule has 0 atom stereocenters. The monoisotopic (exact) mass is 562 g/mol. The minimum Gasteiger partial charge on any atom is -0.353 e. The van der Waals surface area contributed by atoms with Gasteiger partial charge in [-0.1, -0.05) is 12.1 Å². The van der Waals surface area contributed by atoms with Crippen molar-refractivity contribution < 1.29 is 26.0 Å². The number of sulfonamides is 1. The lowest BCUT2D eigenvalue weighted by Crippen LogP contribution is -2.29. The van der Waals surface area contributed by atoms with Crippen LogP contribution < -0.4 is 10.0 Å². The number of hydrogen-bond acceptors (Lipinski definition) is 7. The number of anilines is 1. The third-order valence-corrected chi connectivity index (χ3v) is 7.68. The van der Waals surface area contributed by atoms with Crippen LogP contribution in [0.2, 0.25) is 0 Å². The fourth-order valence-corrected chi connectivity index (χ4v) is 5.46. The highest BCUT2D eigenvalue weighted by Gasteiger charge is 2.30. The van der Waals surface area contributed by atoms with Crippen LogP contribution in [-0.2, 0) is 16.2 Å². The van der Waals surface area contributed by atoms with E-state index in [0.29, 0.717) is 39.7 Å². The molecular formula is C24H18F4N6O2S2. The zero-order chi connectivity index (χ0) is 26.9. The topological polar surface area (TPSA) is 101 Å². The second-order valence-corrected chi connectivity index (χ2v) is 10.6. The Morgan fingerprint density at radius 1 is 1.00 bits per heavy atom. The summed E-state index contributed by atoms with van der Waals surface area (Å²) in [5, 5.41) is 4.79. The van der Waals surface area contributed by atoms with Crippen molar-refractivity contribution in [3.8, 4) is 22.6 Å². The van der Waals surface area contributed by atoms with Gasteiger partial charge in [-0.05, 0) is 42.5 Å². The molecule has 0 unspecified atom stereocenters. The van der Waals surface area contributed by atoms with Gasteiger partial charge in [0.2, 0.25) is 16.0 Å². The maximum absolute atomic E-state index is 13.9. The van der Waals surface area contributed by atoms with Crippen LogP contribution in [0, 0.1) is 5.82 Å². The Balaban J connectivity index is 1.30. The molecule has 8 nitrogen and oxygen atoms in total. The Hall–Kier alpha value is -3.88. The van der Waals surface area contributed by atoms with Crippen molar-refractivity contribution >= 4 is 32.3 Å². The molecule has 5 aromatic rings. The normalized spacial score (nSPS) is 12.2. The molecule has 3 heterocycles. The molecule has 0 spiro atoms. The first-order valence-corrected chi connectivity index (χ1v) is 13.4. The Labute approximate surface area is 218 Å². The number of thiazole rings is 1. The Bertz CT molecular complexity index is 1700. The molecule has 14 heteroatoms. The van der Waals surface area contributed by atoms with Gasteiger partial charge in [0.25, 0.3) is 0 Å². The van der Waals surface area contributed by atoms with E-state index in [0.717, 1.165) is 12.1 Å². The molecule has 5 rings (SSSR count). The van der Waals surface area contributed by atoms with Crippen LogP contribution in [0.1, 0.15) is 5.56 Å². The lowest BCUT2D eigenvalue weighted by atomic mass is 10.1. The first-order valence-electron chi connectivity index (χ1n) is 11.1. The van der Waals surface area contributed by atoms with Gasteiger partial charge in [-0.25, -0.2) is 32.5 Å². The SMILES string of the molecule is O=S(=O)(NCCNc1nccc(-c2c(-c3cccc(F)c3)nc3sccn23)n1)c1ccc(C(F)(F)F)cc1. The molecule has 0 aliphatic rings. The summed E-state index contributed by atoms with van der Waals surface area (Å²) in [6, 6.07) is 11.0. The third-order valence-electron chi connectivity index (χ3n) is 5.45. The van der Waals surface area contributed by atoms with Gasteiger partial charge in [-0.2, -0.15) is 13.2 Å². The number of aromatic nitrogens is 4. The van der Waals surface area contributed by atoms with Crippen LogP contribution in [-0.4, -0.2) is 40.9 Å². The van der Waals surface area contributed by atoms with Gasteiger partial charge in [0, 0.05) is 36.4 Å². The fourth-order valence-electron chi connectivity index (χ4n) is 3.71. The molecule has 2 aromatic carbocycles. The van der Waals surface area contributed by atoms with Gasteiger partial charge < -0.3 is 5.32 Å². The van der Waals surface area contributed by atoms with Crippen LogP contribution in [0.4, 0.5) is 23.5 Å². The summed E-state index contributed by atoms with van der Waals surface area (Å²) in [7, 11) is -4.02. The van der Waals surface area contributed by atoms with Crippen LogP contribution >= 0.6 is 11.3 Å². The van der Waals surface area contributed by atoms with Crippen LogP contribution in [0.25, 0.3) is 27.6 Å². The summed E-state index contributed by atoms with van der Waals surface area (Å²) in [5.41, 5.74) is 1.35. The van der Waals surface area contributed by atoms with Gasteiger partial charge in [-0.3, -0.25) is 4.40 Å². The molecule has 196 valence electrons. The molecular weight excluding hydrogens is 544 g/mol. The highest BCUT2D eigenvalue weighted by molar-refractivity contribution is 7.89. The number of alkyl halides is 3. The molecule has 3 aromatic heterocycles. The molecule has 0 fully saturated rings. The summed E-state index contributed by atoms with van der Waals surface area (Å²) >= 11 is 1.42. The van der Waals surface area contributed by atoms with E-state index in [4.69, 9.17) is 0 Å². The Kier molecular flexibility index (Phi) is 6.86. The van der Waals surface area contributed by atoms with Crippen LogP contribution in [0.15, 0.2) is 77.3 Å². The maximum atomic E-state index is 13.9. The Morgan fingerprint density at radius 2 is 1.79 bits per heavy atom. The van der Waals surface area contributed by atoms with Crippen LogP contribution in [0.5, 0.6) is 0 Å². The number of halogens is 4. The highest BCUT2D eigenvalue weighted by Crippen LogP contribution is 2.34. The van der Waals surface area contributed by atoms with Gasteiger partial charge in [0.05, 0.1) is 21.8 Å². The molecule has 2 N–H and O–H groups in total. The van der Waals surface area contributed by atoms with Crippen LogP contribution in [0.3, 0.4) is 0 Å². The number of nitrogens with zero attached hydrogens (tertiary/aromatic N) is 4. The first kappa shape index (κ1) is 25.8. The van der Waals surface area contributed by atoms with Crippen molar-refractivity contribution in [3.63, 3.8) is 0 Å². The second-order valence-electron chi connectivity index (χ2n) is 7.99. The van der Waals surface area contributed by atoms with Gasteiger partial charge in [0.15, 0.2) is 4.96 Å². The minimum absolute atomic E-state index is 0.0764. The predicted molar refractivity (Wildman–Crippen MR) is 135 cm³/mol. The number of benzene rings is 2. The molecule has 0 saturated heterocycles. The zero-order valence-corrected chi connectivity index (χ0v) is 20.9. The Morgan fingerprint density at radius 3 is 2.53 bits per heavy atom. The lowest BCUT2D eigenvalue weighted by Gasteiger charge is -2.10. The van der Waals surface area contributed by atoms with E-state index in [9.17, 15) is 26.0 Å². The van der Waals surface area contributed by atoms with E-state index < -0.39 is 27.6 Å². The number of imidazole rings is 1. The van der Waals surface area contributed by atoms with E-state index >= 15 is 0 Å². The predicted octanol–water partition coefficient (Wildman–Crippen LogP) is 5.07. The van der Waals surface area contributed by atoms with Crippen molar-refractivity contribution in [2.75, 3.05) is 18.4 Å². The zero-order valence-electron chi connectivity index (χ0n) is 19.3. The van der Waals surface area contributed by atoms with Crippen molar-refractivity contribution in [3.05, 3.63) is 83.8 Å². The number of hydrogen-bond donors (Lipinski definition) is 2. The highest BCUT2D eigenvalue weighted by atomic mass is 32.2. The van der Waals surface area contributed by atoms with Gasteiger partial charge in [0.1, 0.15) is 11.5 Å². The summed E-state index contributed by atoms with van der Waals surface area (Å²) in [5.74, 6) is -0.180. The van der Waals surface area contributed by atoms with Crippen molar-refractivity contribution in [2.45, 2.75) is 11.1 Å². The quantitative estimate of drug-likeness (QED) is 0.202. The van der Waals surface area contributed by atoms with Crippen molar-refractivity contribution in [1.82, 2.24) is 24.1 Å². The molecule has 0 amide bonds. The largest absolute Gasteiger partial charge is 0.416 e. The standard InChI is InChI=1S/C24H18F4N6O2S2/c25-17-3-1-2-15(14-17)20-21(34-12-13-37-23(34)33-20)19-8-9-29-22(32-19)30-10-11-31-38(35,36)18-6-4-16(5-7-18)24(26,27)28/h1-9,12-14,31H,10-11H2,(H,29,30,32). The number of rotatable bonds is 8. The van der Waals surface area contributed by atoms with E-state index in [1.807, 2.05) is 16.0 Å². The minimum atomic E-state index is -4.56. The number of nitrogens with one attached hydrogen (secondary N) is 2. The third kappa shape index (κ3) is 5.37. The summed E-state index contributed by atoms with van der Waals surface area (Å²) in [6.45, 7) is 0.0211. The first-order chi connectivity index (χ1) is 18.1. The molecule has 0 saturated carbocycles. The van der Waals surface area contributed by atoms with E-state index in [-0.39, 0.29) is 23.9 Å². The maximum Gasteiger partial charge on any atom is 0.416 e. The molecule has 0 radical (unpaired) electrons. The fraction of sp³-hybridized carbons (Fsp3) is 0.125. The molecule has 0 aliphatic heterocycles. The van der Waals surface area contributed by atoms with Gasteiger partial charge >= 0.3 is 6.18 Å². The summed E-state index contributed by atoms with van der Waals surface area (Å²) in [6.07, 6.45) is -1.20. The van der Waals surface area contributed by atoms with Crippen molar-refractivity contribution in [1.29, 1.82) is 0 Å². The van der Waals surface area contributed by atoms with E-state index in [2.05, 4.69) is 25.0 Å². The van der Waals surface area contributed by atoms with E-state index in [1.165, 1.54) is 29.7 Å². The average Bonchev–Trinajstić information content (AvgIpc) is 3.48. The number of fused-ring (bicyclic) bond motifs is 1. The molecule has 0 bridgehead atoms. The summed E-state index contributed by atoms with van der Waals surface area (Å²) in [4.78, 5) is 13.7. The van der Waals surface area contributed by atoms with E-state index in [1.54, 1.807) is 18.2 Å². The molecule has 38 heavy (non-hydrogen) atoms. The second kappa shape index (κ2) is 10.1. The smallest absolute Gasteiger partial charge is 0.353 e. The average molecular weight is 563 g/mol. The van der Waals surface area contributed by atoms with Gasteiger partial charge in [-0.15, -0.1) is 11.3 Å². The summed E-state index contributed by atoms with van der Waals surface area (Å²) < 4.78 is 81.1. The van der Waals surface area contributed by atoms with Crippen molar-refractivity contribution in [2.24, 2.45) is 0 Å².